The van der Waals surface area contributed by atoms with Crippen LogP contribution in [0.4, 0.5) is 5.69 Å². The standard InChI is InChI=1S/C27H27N5O2/c1-20-16-23(21(2)32(20)25-10-4-3-5-11-25)12-13-26(33)28-18-22-8-6-9-24(17-22)30-27(34)19-31-15-7-14-29-31/h3-17H,18-19H2,1-2H3,(H,28,33)(H,30,34). The van der Waals surface area contributed by atoms with Gasteiger partial charge in [0.05, 0.1) is 0 Å². The molecule has 0 spiro atoms. The van der Waals surface area contributed by atoms with E-state index in [2.05, 4.69) is 45.4 Å². The second-order valence-corrected chi connectivity index (χ2v) is 8.00. The van der Waals surface area contributed by atoms with Gasteiger partial charge in [-0.25, -0.2) is 0 Å². The summed E-state index contributed by atoms with van der Waals surface area (Å²) in [7, 11) is 0. The quantitative estimate of drug-likeness (QED) is 0.391. The molecule has 4 rings (SSSR count). The molecule has 2 amide bonds. The SMILES string of the molecule is Cc1cc(C=CC(=O)NCc2cccc(NC(=O)Cn3cccn3)c2)c(C)n1-c1ccccc1. The molecule has 7 heteroatoms. The number of nitrogens with zero attached hydrogens (tertiary/aromatic N) is 3. The van der Waals surface area contributed by atoms with Crippen LogP contribution in [0.1, 0.15) is 22.5 Å². The van der Waals surface area contributed by atoms with Crippen molar-refractivity contribution in [3.63, 3.8) is 0 Å². The highest BCUT2D eigenvalue weighted by Crippen LogP contribution is 2.21. The molecule has 172 valence electrons. The van der Waals surface area contributed by atoms with Gasteiger partial charge in [0.1, 0.15) is 6.54 Å². The number of aryl methyl sites for hydroxylation is 1. The molecule has 2 aromatic heterocycles. The Labute approximate surface area is 198 Å². The third-order valence-corrected chi connectivity index (χ3v) is 5.44. The first-order valence-electron chi connectivity index (χ1n) is 11.1. The van der Waals surface area contributed by atoms with Crippen molar-refractivity contribution in [1.82, 2.24) is 19.7 Å². The zero-order valence-electron chi connectivity index (χ0n) is 19.2. The minimum atomic E-state index is -0.183. The second-order valence-electron chi connectivity index (χ2n) is 8.00. The van der Waals surface area contributed by atoms with E-state index >= 15 is 0 Å². The number of amides is 2. The summed E-state index contributed by atoms with van der Waals surface area (Å²) < 4.78 is 3.73. The molecule has 0 atom stereocenters. The Morgan fingerprint density at radius 3 is 2.59 bits per heavy atom. The summed E-state index contributed by atoms with van der Waals surface area (Å²) in [5.41, 5.74) is 5.84. The maximum absolute atomic E-state index is 12.4. The van der Waals surface area contributed by atoms with Gasteiger partial charge in [-0.3, -0.25) is 14.3 Å². The van der Waals surface area contributed by atoms with Gasteiger partial charge in [-0.15, -0.1) is 0 Å². The van der Waals surface area contributed by atoms with Crippen LogP contribution in [0.5, 0.6) is 0 Å². The molecule has 0 bridgehead atoms. The van der Waals surface area contributed by atoms with E-state index < -0.39 is 0 Å². The maximum atomic E-state index is 12.4. The van der Waals surface area contributed by atoms with Crippen molar-refractivity contribution < 1.29 is 9.59 Å². The molecule has 0 aliphatic rings. The Balaban J connectivity index is 1.34. The number of anilines is 1. The van der Waals surface area contributed by atoms with Crippen LogP contribution in [0, 0.1) is 13.8 Å². The van der Waals surface area contributed by atoms with E-state index in [-0.39, 0.29) is 18.4 Å². The van der Waals surface area contributed by atoms with Gasteiger partial charge < -0.3 is 15.2 Å². The lowest BCUT2D eigenvalue weighted by atomic mass is 10.2. The lowest BCUT2D eigenvalue weighted by Gasteiger charge is -2.09. The predicted octanol–water partition coefficient (Wildman–Crippen LogP) is 4.26. The molecule has 0 aliphatic carbocycles. The maximum Gasteiger partial charge on any atom is 0.246 e. The van der Waals surface area contributed by atoms with E-state index in [4.69, 9.17) is 0 Å². The minimum absolute atomic E-state index is 0.143. The van der Waals surface area contributed by atoms with Crippen molar-refractivity contribution in [2.45, 2.75) is 26.9 Å². The second kappa shape index (κ2) is 10.5. The molecule has 0 unspecified atom stereocenters. The molecule has 2 N–H and O–H groups in total. The summed E-state index contributed by atoms with van der Waals surface area (Å²) in [5, 5.41) is 9.78. The van der Waals surface area contributed by atoms with Crippen LogP contribution >= 0.6 is 0 Å². The summed E-state index contributed by atoms with van der Waals surface area (Å²) in [6.45, 7) is 4.60. The first-order chi connectivity index (χ1) is 16.5. The molecule has 2 aromatic carbocycles. The molecule has 0 aliphatic heterocycles. The van der Waals surface area contributed by atoms with E-state index in [0.29, 0.717) is 12.2 Å². The number of carbonyl (C=O) groups excluding carboxylic acids is 2. The Hall–Kier alpha value is -4.39. The van der Waals surface area contributed by atoms with Crippen molar-refractivity contribution in [3.05, 3.63) is 108 Å². The Kier molecular flexibility index (Phi) is 7.03. The molecule has 0 saturated heterocycles. The molecule has 34 heavy (non-hydrogen) atoms. The molecule has 0 fully saturated rings. The summed E-state index contributed by atoms with van der Waals surface area (Å²) in [5.74, 6) is -0.349. The van der Waals surface area contributed by atoms with Crippen LogP contribution < -0.4 is 10.6 Å². The lowest BCUT2D eigenvalue weighted by molar-refractivity contribution is -0.117. The van der Waals surface area contributed by atoms with Gasteiger partial charge in [-0.1, -0.05) is 30.3 Å². The highest BCUT2D eigenvalue weighted by atomic mass is 16.2. The van der Waals surface area contributed by atoms with E-state index in [0.717, 1.165) is 28.2 Å². The number of carbonyl (C=O) groups is 2. The number of nitrogens with one attached hydrogen (secondary N) is 2. The van der Waals surface area contributed by atoms with E-state index in [1.165, 1.54) is 0 Å². The van der Waals surface area contributed by atoms with Crippen molar-refractivity contribution in [2.24, 2.45) is 0 Å². The van der Waals surface area contributed by atoms with Crippen molar-refractivity contribution >= 4 is 23.6 Å². The van der Waals surface area contributed by atoms with E-state index in [1.54, 1.807) is 29.2 Å². The van der Waals surface area contributed by atoms with Gasteiger partial charge in [0.15, 0.2) is 0 Å². The number of aromatic nitrogens is 3. The Morgan fingerprint density at radius 2 is 1.82 bits per heavy atom. The fraction of sp³-hybridized carbons (Fsp3) is 0.148. The van der Waals surface area contributed by atoms with Crippen LogP contribution in [0.25, 0.3) is 11.8 Å². The first-order valence-corrected chi connectivity index (χ1v) is 11.1. The zero-order valence-corrected chi connectivity index (χ0v) is 19.2. The van der Waals surface area contributed by atoms with Gasteiger partial charge in [0.25, 0.3) is 0 Å². The molecule has 7 nitrogen and oxygen atoms in total. The molecular weight excluding hydrogens is 426 g/mol. The van der Waals surface area contributed by atoms with Crippen LogP contribution in [-0.4, -0.2) is 26.2 Å². The molecule has 4 aromatic rings. The summed E-state index contributed by atoms with van der Waals surface area (Å²) in [6, 6.07) is 21.4. The number of para-hydroxylation sites is 1. The minimum Gasteiger partial charge on any atom is -0.348 e. The van der Waals surface area contributed by atoms with Gasteiger partial charge in [-0.05, 0) is 67.4 Å². The van der Waals surface area contributed by atoms with Gasteiger partial charge in [0.2, 0.25) is 11.8 Å². The number of hydrogen-bond acceptors (Lipinski definition) is 3. The fourth-order valence-electron chi connectivity index (χ4n) is 3.84. The summed E-state index contributed by atoms with van der Waals surface area (Å²) in [4.78, 5) is 24.6. The number of rotatable bonds is 8. The van der Waals surface area contributed by atoms with Crippen LogP contribution in [0.3, 0.4) is 0 Å². The average Bonchev–Trinajstić information content (AvgIpc) is 3.44. The van der Waals surface area contributed by atoms with Gasteiger partial charge >= 0.3 is 0 Å². The zero-order chi connectivity index (χ0) is 23.9. The third kappa shape index (κ3) is 5.69. The predicted molar refractivity (Wildman–Crippen MR) is 133 cm³/mol. The van der Waals surface area contributed by atoms with Crippen LogP contribution in [0.2, 0.25) is 0 Å². The fourth-order valence-corrected chi connectivity index (χ4v) is 3.84. The molecule has 0 radical (unpaired) electrons. The highest BCUT2D eigenvalue weighted by Gasteiger charge is 2.09. The van der Waals surface area contributed by atoms with Crippen LogP contribution in [0.15, 0.2) is 85.2 Å². The normalized spacial score (nSPS) is 11.0. The highest BCUT2D eigenvalue weighted by molar-refractivity contribution is 5.92. The topological polar surface area (TPSA) is 81.0 Å². The monoisotopic (exact) mass is 453 g/mol. The smallest absolute Gasteiger partial charge is 0.246 e. The number of hydrogen-bond donors (Lipinski definition) is 2. The first kappa shape index (κ1) is 22.8. The van der Waals surface area contributed by atoms with Gasteiger partial charge in [0, 0.05) is 47.8 Å². The Bertz CT molecular complexity index is 1300. The van der Waals surface area contributed by atoms with Crippen molar-refractivity contribution in [2.75, 3.05) is 5.32 Å². The molecule has 0 saturated carbocycles. The van der Waals surface area contributed by atoms with Crippen molar-refractivity contribution in [3.8, 4) is 5.69 Å². The van der Waals surface area contributed by atoms with Crippen molar-refractivity contribution in [1.29, 1.82) is 0 Å². The Morgan fingerprint density at radius 1 is 1.00 bits per heavy atom. The molecule has 2 heterocycles. The molecular formula is C27H27N5O2. The summed E-state index contributed by atoms with van der Waals surface area (Å²) in [6.07, 6.45) is 6.75. The number of benzene rings is 2. The van der Waals surface area contributed by atoms with Crippen LogP contribution in [-0.2, 0) is 22.7 Å². The average molecular weight is 454 g/mol. The van der Waals surface area contributed by atoms with Gasteiger partial charge in [-0.2, -0.15) is 5.10 Å². The largest absolute Gasteiger partial charge is 0.348 e. The summed E-state index contributed by atoms with van der Waals surface area (Å²) >= 11 is 0. The van der Waals surface area contributed by atoms with E-state index in [9.17, 15) is 9.59 Å². The third-order valence-electron chi connectivity index (χ3n) is 5.44. The van der Waals surface area contributed by atoms with E-state index in [1.807, 2.05) is 55.5 Å². The lowest BCUT2D eigenvalue weighted by Crippen LogP contribution is -2.21.